The average Bonchev–Trinajstić information content (AvgIpc) is 3.02. The van der Waals surface area contributed by atoms with E-state index in [1.165, 1.54) is 0 Å². The number of nitrogens with zero attached hydrogens (tertiary/aromatic N) is 1. The van der Waals surface area contributed by atoms with Gasteiger partial charge in [0.15, 0.2) is 0 Å². The molecule has 2 heterocycles. The highest BCUT2D eigenvalue weighted by atomic mass is 35.5. The number of ether oxygens (including phenoxy) is 2. The van der Waals surface area contributed by atoms with Gasteiger partial charge in [-0.05, 0) is 37.3 Å². The molecule has 4 rings (SSSR count). The Bertz CT molecular complexity index is 1160. The van der Waals surface area contributed by atoms with Crippen molar-refractivity contribution >= 4 is 45.6 Å². The third kappa shape index (κ3) is 3.30. The Balaban J connectivity index is 1.75. The fourth-order valence-electron chi connectivity index (χ4n) is 3.25. The second kappa shape index (κ2) is 7.74. The first-order valence-corrected chi connectivity index (χ1v) is 9.61. The minimum Gasteiger partial charge on any atom is -0.487 e. The molecule has 2 aromatic heterocycles. The number of carbonyl (C=O) groups excluding carboxylic acids is 1. The molecule has 4 nitrogen and oxygen atoms in total. The van der Waals surface area contributed by atoms with Gasteiger partial charge in [-0.25, -0.2) is 4.79 Å². The zero-order valence-electron chi connectivity index (χ0n) is 15.1. The Morgan fingerprint density at radius 2 is 1.71 bits per heavy atom. The summed E-state index contributed by atoms with van der Waals surface area (Å²) in [5, 5.41) is 1.96. The number of fused-ring (bicyclic) bond motifs is 3. The minimum atomic E-state index is -0.335. The fourth-order valence-corrected chi connectivity index (χ4v) is 3.75. The van der Waals surface area contributed by atoms with Crippen LogP contribution in [0.25, 0.3) is 16.4 Å². The third-order valence-electron chi connectivity index (χ3n) is 4.53. The van der Waals surface area contributed by atoms with Crippen LogP contribution in [-0.2, 0) is 11.3 Å². The molecular formula is C22H17Cl2NO3. The summed E-state index contributed by atoms with van der Waals surface area (Å²) in [6.45, 7) is 2.36. The van der Waals surface area contributed by atoms with E-state index in [0.717, 1.165) is 22.0 Å². The van der Waals surface area contributed by atoms with Crippen LogP contribution in [0.5, 0.6) is 5.75 Å². The lowest BCUT2D eigenvalue weighted by atomic mass is 10.1. The largest absolute Gasteiger partial charge is 0.487 e. The molecule has 0 aliphatic heterocycles. The maximum atomic E-state index is 12.5. The first kappa shape index (κ1) is 18.7. The summed E-state index contributed by atoms with van der Waals surface area (Å²) in [4.78, 5) is 12.5. The molecule has 0 bridgehead atoms. The molecule has 6 heteroatoms. The van der Waals surface area contributed by atoms with Gasteiger partial charge in [-0.15, -0.1) is 0 Å². The minimum absolute atomic E-state index is 0.244. The number of pyridine rings is 1. The summed E-state index contributed by atoms with van der Waals surface area (Å²) < 4.78 is 13.1. The van der Waals surface area contributed by atoms with Crippen LogP contribution < -0.4 is 4.74 Å². The van der Waals surface area contributed by atoms with Crippen molar-refractivity contribution in [3.8, 4) is 5.75 Å². The quantitative estimate of drug-likeness (QED) is 0.368. The Morgan fingerprint density at radius 1 is 0.964 bits per heavy atom. The van der Waals surface area contributed by atoms with Gasteiger partial charge in [0.1, 0.15) is 12.4 Å². The molecule has 0 radical (unpaired) electrons. The van der Waals surface area contributed by atoms with Crippen molar-refractivity contribution in [3.05, 3.63) is 82.0 Å². The summed E-state index contributed by atoms with van der Waals surface area (Å²) >= 11 is 12.4. The number of rotatable bonds is 5. The van der Waals surface area contributed by atoms with Gasteiger partial charge in [0.2, 0.25) is 0 Å². The van der Waals surface area contributed by atoms with Crippen LogP contribution in [0.2, 0.25) is 10.0 Å². The van der Waals surface area contributed by atoms with E-state index >= 15 is 0 Å². The van der Waals surface area contributed by atoms with Crippen LogP contribution in [0.1, 0.15) is 22.8 Å². The number of hydrogen-bond donors (Lipinski definition) is 0. The lowest BCUT2D eigenvalue weighted by Crippen LogP contribution is -2.04. The van der Waals surface area contributed by atoms with Crippen LogP contribution in [0.15, 0.2) is 60.8 Å². The maximum Gasteiger partial charge on any atom is 0.340 e. The van der Waals surface area contributed by atoms with E-state index in [0.29, 0.717) is 28.0 Å². The predicted molar refractivity (Wildman–Crippen MR) is 112 cm³/mol. The number of aromatic nitrogens is 1. The first-order chi connectivity index (χ1) is 13.6. The summed E-state index contributed by atoms with van der Waals surface area (Å²) in [6.07, 6.45) is 1.85. The van der Waals surface area contributed by atoms with Crippen LogP contribution in [0.3, 0.4) is 0 Å². The van der Waals surface area contributed by atoms with Gasteiger partial charge in [0, 0.05) is 21.0 Å². The van der Waals surface area contributed by atoms with Crippen molar-refractivity contribution in [2.45, 2.75) is 13.5 Å². The molecule has 4 aromatic rings. The van der Waals surface area contributed by atoms with Gasteiger partial charge in [0.25, 0.3) is 0 Å². The Labute approximate surface area is 172 Å². The van der Waals surface area contributed by atoms with Gasteiger partial charge in [0.05, 0.1) is 29.4 Å². The van der Waals surface area contributed by atoms with Gasteiger partial charge in [-0.1, -0.05) is 47.5 Å². The Morgan fingerprint density at radius 3 is 2.46 bits per heavy atom. The van der Waals surface area contributed by atoms with Crippen LogP contribution >= 0.6 is 23.2 Å². The molecule has 0 N–H and O–H groups in total. The van der Waals surface area contributed by atoms with Crippen molar-refractivity contribution in [1.29, 1.82) is 0 Å². The molecular weight excluding hydrogens is 397 g/mol. The zero-order chi connectivity index (χ0) is 19.7. The summed E-state index contributed by atoms with van der Waals surface area (Å²) in [5.74, 6) is 0.303. The predicted octanol–water partition coefficient (Wildman–Crippen LogP) is 6.16. The number of para-hydroxylation sites is 1. The maximum absolute atomic E-state index is 12.5. The fraction of sp³-hybridized carbons (Fsp3) is 0.136. The van der Waals surface area contributed by atoms with Gasteiger partial charge in [-0.2, -0.15) is 0 Å². The van der Waals surface area contributed by atoms with Crippen molar-refractivity contribution in [3.63, 3.8) is 0 Å². The van der Waals surface area contributed by atoms with E-state index < -0.39 is 0 Å². The van der Waals surface area contributed by atoms with E-state index in [1.807, 2.05) is 47.0 Å². The smallest absolute Gasteiger partial charge is 0.340 e. The highest BCUT2D eigenvalue weighted by Gasteiger charge is 2.19. The van der Waals surface area contributed by atoms with Crippen molar-refractivity contribution in [2.75, 3.05) is 6.61 Å². The van der Waals surface area contributed by atoms with E-state index in [1.54, 1.807) is 25.1 Å². The van der Waals surface area contributed by atoms with Crippen LogP contribution in [0.4, 0.5) is 0 Å². The molecule has 0 aliphatic carbocycles. The molecule has 0 aliphatic rings. The highest BCUT2D eigenvalue weighted by Crippen LogP contribution is 2.30. The van der Waals surface area contributed by atoms with E-state index in [4.69, 9.17) is 32.7 Å². The lowest BCUT2D eigenvalue weighted by Gasteiger charge is -2.10. The zero-order valence-corrected chi connectivity index (χ0v) is 16.6. The van der Waals surface area contributed by atoms with Crippen LogP contribution in [0, 0.1) is 0 Å². The van der Waals surface area contributed by atoms with E-state index in [-0.39, 0.29) is 12.6 Å². The molecule has 0 spiro atoms. The van der Waals surface area contributed by atoms with Gasteiger partial charge in [-0.3, -0.25) is 0 Å². The standard InChI is InChI=1S/C22H17Cl2NO3/c1-2-27-22(26)21-15-6-3-4-9-19(15)25-12-14(10-11-20(21)25)28-13-16-17(23)7-5-8-18(16)24/h3-12H,2,13H2,1H3. The summed E-state index contributed by atoms with van der Waals surface area (Å²) in [6, 6.07) is 16.7. The molecule has 142 valence electrons. The second-order valence-electron chi connectivity index (χ2n) is 6.22. The van der Waals surface area contributed by atoms with Crippen molar-refractivity contribution < 1.29 is 14.3 Å². The van der Waals surface area contributed by atoms with Crippen molar-refractivity contribution in [2.24, 2.45) is 0 Å². The lowest BCUT2D eigenvalue weighted by molar-refractivity contribution is 0.0531. The highest BCUT2D eigenvalue weighted by molar-refractivity contribution is 6.35. The molecule has 0 fully saturated rings. The number of benzene rings is 2. The number of carbonyl (C=O) groups is 1. The third-order valence-corrected chi connectivity index (χ3v) is 5.24. The molecule has 0 atom stereocenters. The molecule has 0 unspecified atom stereocenters. The Hall–Kier alpha value is -2.69. The molecule has 28 heavy (non-hydrogen) atoms. The number of halogens is 2. The monoisotopic (exact) mass is 413 g/mol. The molecule has 2 aromatic carbocycles. The van der Waals surface area contributed by atoms with Crippen LogP contribution in [-0.4, -0.2) is 17.0 Å². The molecule has 0 saturated heterocycles. The summed E-state index contributed by atoms with van der Waals surface area (Å²) in [5.41, 5.74) is 2.96. The average molecular weight is 414 g/mol. The number of esters is 1. The van der Waals surface area contributed by atoms with E-state index in [2.05, 4.69) is 0 Å². The van der Waals surface area contributed by atoms with Crippen molar-refractivity contribution in [1.82, 2.24) is 4.40 Å². The van der Waals surface area contributed by atoms with Gasteiger partial charge < -0.3 is 13.9 Å². The topological polar surface area (TPSA) is 39.9 Å². The first-order valence-electron chi connectivity index (χ1n) is 8.85. The summed E-state index contributed by atoms with van der Waals surface area (Å²) in [7, 11) is 0. The van der Waals surface area contributed by atoms with E-state index in [9.17, 15) is 4.79 Å². The number of hydrogen-bond acceptors (Lipinski definition) is 3. The molecule has 0 saturated carbocycles. The SMILES string of the molecule is CCOC(=O)c1c2ccccc2n2cc(OCc3c(Cl)cccc3Cl)ccc12. The van der Waals surface area contributed by atoms with Gasteiger partial charge >= 0.3 is 5.97 Å². The second-order valence-corrected chi connectivity index (χ2v) is 7.04. The normalized spacial score (nSPS) is 11.1. The molecule has 0 amide bonds. The Kier molecular flexibility index (Phi) is 5.16.